The van der Waals surface area contributed by atoms with Crippen LogP contribution < -0.4 is 0 Å². The van der Waals surface area contributed by atoms with Gasteiger partial charge in [0, 0.05) is 13.5 Å². The number of Topliss-reactive ketones (excluding diaryl/α,β-unsaturated/α-hetero) is 1. The van der Waals surface area contributed by atoms with Gasteiger partial charge in [0.2, 0.25) is 0 Å². The molecular weight excluding hydrogens is 234 g/mol. The molecule has 0 saturated heterocycles. The minimum atomic E-state index is -0.192. The molecule has 0 unspecified atom stereocenters. The highest BCUT2D eigenvalue weighted by Crippen LogP contribution is 2.44. The van der Waals surface area contributed by atoms with Crippen LogP contribution in [0.15, 0.2) is 0 Å². The van der Waals surface area contributed by atoms with Gasteiger partial charge in [-0.15, -0.1) is 11.3 Å². The summed E-state index contributed by atoms with van der Waals surface area (Å²) in [5, 5.41) is 1.04. The van der Waals surface area contributed by atoms with Crippen molar-refractivity contribution in [2.45, 2.75) is 50.5 Å². The van der Waals surface area contributed by atoms with Crippen molar-refractivity contribution in [2.75, 3.05) is 7.11 Å². The molecule has 1 saturated carbocycles. The van der Waals surface area contributed by atoms with Crippen LogP contribution in [0.3, 0.4) is 0 Å². The zero-order valence-corrected chi connectivity index (χ0v) is 10.9. The van der Waals surface area contributed by atoms with Crippen molar-refractivity contribution in [1.29, 1.82) is 0 Å². The summed E-state index contributed by atoms with van der Waals surface area (Å²) in [6, 6.07) is 0. The molecule has 1 fully saturated rings. The summed E-state index contributed by atoms with van der Waals surface area (Å²) in [7, 11) is 1.77. The van der Waals surface area contributed by atoms with Crippen molar-refractivity contribution in [3.05, 3.63) is 15.6 Å². The van der Waals surface area contributed by atoms with E-state index in [1.807, 2.05) is 0 Å². The molecule has 0 aromatic carbocycles. The predicted molar refractivity (Wildman–Crippen MR) is 66.5 cm³/mol. The van der Waals surface area contributed by atoms with Gasteiger partial charge in [0.05, 0.1) is 10.6 Å². The third-order valence-electron chi connectivity index (χ3n) is 3.96. The monoisotopic (exact) mass is 251 g/mol. The summed E-state index contributed by atoms with van der Waals surface area (Å²) >= 11 is 1.58. The van der Waals surface area contributed by atoms with Crippen molar-refractivity contribution < 1.29 is 9.53 Å². The van der Waals surface area contributed by atoms with Crippen molar-refractivity contribution >= 4 is 17.1 Å². The van der Waals surface area contributed by atoms with Gasteiger partial charge in [-0.3, -0.25) is 4.79 Å². The van der Waals surface area contributed by atoms with Crippen LogP contribution in [-0.4, -0.2) is 17.9 Å². The number of aryl methyl sites for hydroxylation is 1. The highest BCUT2D eigenvalue weighted by Gasteiger charge is 2.40. The second-order valence-corrected chi connectivity index (χ2v) is 5.98. The number of nitrogens with zero attached hydrogens (tertiary/aromatic N) is 1. The molecule has 0 aliphatic heterocycles. The zero-order valence-electron chi connectivity index (χ0n) is 10.1. The standard InChI is InChI=1S/C13H17NO2S/c1-16-13(7-2-3-8-13)12-14-9-5-4-6-10(15)11(9)17-12/h2-8H2,1H3. The Kier molecular flexibility index (Phi) is 2.79. The number of hydrogen-bond acceptors (Lipinski definition) is 4. The Morgan fingerprint density at radius 3 is 2.65 bits per heavy atom. The van der Waals surface area contributed by atoms with Crippen LogP contribution in [0.1, 0.15) is 58.9 Å². The van der Waals surface area contributed by atoms with Crippen LogP contribution in [0.25, 0.3) is 0 Å². The maximum absolute atomic E-state index is 11.8. The van der Waals surface area contributed by atoms with E-state index in [2.05, 4.69) is 0 Å². The smallest absolute Gasteiger partial charge is 0.174 e. The second-order valence-electron chi connectivity index (χ2n) is 4.98. The fraction of sp³-hybridized carbons (Fsp3) is 0.692. The molecule has 0 spiro atoms. The van der Waals surface area contributed by atoms with E-state index in [1.54, 1.807) is 18.4 Å². The molecule has 0 radical (unpaired) electrons. The van der Waals surface area contributed by atoms with Crippen molar-refractivity contribution in [1.82, 2.24) is 4.98 Å². The van der Waals surface area contributed by atoms with E-state index in [4.69, 9.17) is 9.72 Å². The summed E-state index contributed by atoms with van der Waals surface area (Å²) in [6.07, 6.45) is 7.09. The number of hydrogen-bond donors (Lipinski definition) is 0. The SMILES string of the molecule is COC1(c2nc3c(s2)C(=O)CCC3)CCCC1. The van der Waals surface area contributed by atoms with Gasteiger partial charge in [0.1, 0.15) is 10.6 Å². The molecular formula is C13H17NO2S. The molecule has 1 heterocycles. The average Bonchev–Trinajstić information content (AvgIpc) is 2.96. The minimum Gasteiger partial charge on any atom is -0.371 e. The number of carbonyl (C=O) groups is 1. The lowest BCUT2D eigenvalue weighted by Gasteiger charge is -2.24. The number of rotatable bonds is 2. The molecule has 0 N–H and O–H groups in total. The third-order valence-corrected chi connectivity index (χ3v) is 5.28. The summed E-state index contributed by atoms with van der Waals surface area (Å²) in [5.74, 6) is 0.277. The maximum atomic E-state index is 11.8. The van der Waals surface area contributed by atoms with E-state index in [0.29, 0.717) is 6.42 Å². The topological polar surface area (TPSA) is 39.2 Å². The van der Waals surface area contributed by atoms with E-state index < -0.39 is 0 Å². The first kappa shape index (κ1) is 11.4. The number of ketones is 1. The largest absolute Gasteiger partial charge is 0.371 e. The molecule has 3 rings (SSSR count). The fourth-order valence-electron chi connectivity index (χ4n) is 2.92. The van der Waals surface area contributed by atoms with Gasteiger partial charge in [0.15, 0.2) is 5.78 Å². The molecule has 92 valence electrons. The summed E-state index contributed by atoms with van der Waals surface area (Å²) in [4.78, 5) is 17.4. The van der Waals surface area contributed by atoms with Crippen LogP contribution in [0.4, 0.5) is 0 Å². The molecule has 2 aliphatic carbocycles. The summed E-state index contributed by atoms with van der Waals surface area (Å²) in [6.45, 7) is 0. The van der Waals surface area contributed by atoms with Crippen LogP contribution in [0, 0.1) is 0 Å². The molecule has 4 heteroatoms. The van der Waals surface area contributed by atoms with Gasteiger partial charge in [-0.2, -0.15) is 0 Å². The Morgan fingerprint density at radius 2 is 2.00 bits per heavy atom. The molecule has 0 bridgehead atoms. The third kappa shape index (κ3) is 1.74. The average molecular weight is 251 g/mol. The van der Waals surface area contributed by atoms with Gasteiger partial charge < -0.3 is 4.74 Å². The highest BCUT2D eigenvalue weighted by atomic mass is 32.1. The number of thiazole rings is 1. The lowest BCUT2D eigenvalue weighted by Crippen LogP contribution is -2.24. The van der Waals surface area contributed by atoms with Gasteiger partial charge in [0.25, 0.3) is 0 Å². The number of carbonyl (C=O) groups excluding carboxylic acids is 1. The van der Waals surface area contributed by atoms with Crippen molar-refractivity contribution in [3.63, 3.8) is 0 Å². The van der Waals surface area contributed by atoms with Gasteiger partial charge in [-0.25, -0.2) is 4.98 Å². The van der Waals surface area contributed by atoms with E-state index in [-0.39, 0.29) is 11.4 Å². The number of methoxy groups -OCH3 is 1. The van der Waals surface area contributed by atoms with Crippen LogP contribution in [-0.2, 0) is 16.8 Å². The molecule has 2 aliphatic rings. The van der Waals surface area contributed by atoms with E-state index in [0.717, 1.165) is 41.3 Å². The minimum absolute atomic E-state index is 0.192. The Hall–Kier alpha value is -0.740. The molecule has 1 aromatic heterocycles. The first-order valence-electron chi connectivity index (χ1n) is 6.34. The van der Waals surface area contributed by atoms with E-state index in [1.165, 1.54) is 12.8 Å². The highest BCUT2D eigenvalue weighted by molar-refractivity contribution is 7.14. The number of ether oxygens (including phenoxy) is 1. The van der Waals surface area contributed by atoms with Crippen LogP contribution in [0.2, 0.25) is 0 Å². The Morgan fingerprint density at radius 1 is 1.24 bits per heavy atom. The molecule has 0 amide bonds. The Bertz CT molecular complexity index is 446. The van der Waals surface area contributed by atoms with E-state index >= 15 is 0 Å². The molecule has 17 heavy (non-hydrogen) atoms. The lowest BCUT2D eigenvalue weighted by atomic mass is 10.0. The van der Waals surface area contributed by atoms with Crippen molar-refractivity contribution in [2.24, 2.45) is 0 Å². The first-order valence-corrected chi connectivity index (χ1v) is 7.15. The molecule has 1 aromatic rings. The van der Waals surface area contributed by atoms with E-state index in [9.17, 15) is 4.79 Å². The maximum Gasteiger partial charge on any atom is 0.174 e. The number of aromatic nitrogens is 1. The zero-order chi connectivity index (χ0) is 11.9. The van der Waals surface area contributed by atoms with Crippen LogP contribution >= 0.6 is 11.3 Å². The Labute approximate surface area is 105 Å². The van der Waals surface area contributed by atoms with Gasteiger partial charge in [-0.1, -0.05) is 12.8 Å². The fourth-order valence-corrected chi connectivity index (χ4v) is 4.22. The normalized spacial score (nSPS) is 22.8. The molecule has 3 nitrogen and oxygen atoms in total. The quantitative estimate of drug-likeness (QED) is 0.811. The summed E-state index contributed by atoms with van der Waals surface area (Å²) in [5.41, 5.74) is 0.826. The van der Waals surface area contributed by atoms with Crippen LogP contribution in [0.5, 0.6) is 0 Å². The van der Waals surface area contributed by atoms with Gasteiger partial charge in [-0.05, 0) is 25.7 Å². The number of fused-ring (bicyclic) bond motifs is 1. The second kappa shape index (κ2) is 4.18. The summed E-state index contributed by atoms with van der Waals surface area (Å²) < 4.78 is 5.73. The first-order chi connectivity index (χ1) is 8.25. The predicted octanol–water partition coefficient (Wildman–Crippen LogP) is 3.08. The van der Waals surface area contributed by atoms with Gasteiger partial charge >= 0.3 is 0 Å². The lowest BCUT2D eigenvalue weighted by molar-refractivity contribution is -0.00896. The van der Waals surface area contributed by atoms with Crippen molar-refractivity contribution in [3.8, 4) is 0 Å². The molecule has 0 atom stereocenters. The Balaban J connectivity index is 2.01.